The SMILES string of the molecule is CCc1cccc(C)c1CNc1cc(C(=O)N2CCC(O)C2)cn2c(C)c(C)nc12.CCc1cccc(C)c1CNc1cc(C(=O)NCCc2ccc(O)c(O)c2)cn2c(C)c(C)nc12. The van der Waals surface area contributed by atoms with Gasteiger partial charge in [-0.2, -0.15) is 0 Å². The first-order valence-electron chi connectivity index (χ1n) is 22.5. The number of fused-ring (bicyclic) bond motifs is 2. The van der Waals surface area contributed by atoms with E-state index < -0.39 is 6.10 Å². The number of carbonyl (C=O) groups excluding carboxylic acids is 2. The molecule has 340 valence electrons. The molecule has 13 nitrogen and oxygen atoms in total. The van der Waals surface area contributed by atoms with Crippen molar-refractivity contribution in [1.82, 2.24) is 29.0 Å². The molecule has 0 radical (unpaired) electrons. The molecule has 1 unspecified atom stereocenters. The van der Waals surface area contributed by atoms with E-state index >= 15 is 0 Å². The third kappa shape index (κ3) is 10.1. The number of nitrogens with one attached hydrogen (secondary N) is 3. The molecule has 65 heavy (non-hydrogen) atoms. The molecule has 2 amide bonds. The van der Waals surface area contributed by atoms with Gasteiger partial charge < -0.3 is 45.0 Å². The maximum atomic E-state index is 13.1. The van der Waals surface area contributed by atoms with E-state index in [1.165, 1.54) is 45.5 Å². The number of aliphatic hydroxyl groups is 1. The number of hydrogen-bond donors (Lipinski definition) is 6. The van der Waals surface area contributed by atoms with Crippen molar-refractivity contribution >= 4 is 34.5 Å². The first-order valence-corrected chi connectivity index (χ1v) is 22.5. The van der Waals surface area contributed by atoms with Crippen molar-refractivity contribution in [3.8, 4) is 11.5 Å². The monoisotopic (exact) mass is 878 g/mol. The number of benzene rings is 3. The van der Waals surface area contributed by atoms with E-state index in [2.05, 4.69) is 80.0 Å². The number of imidazole rings is 2. The fourth-order valence-electron chi connectivity index (χ4n) is 8.56. The second-order valence-corrected chi connectivity index (χ2v) is 17.1. The summed E-state index contributed by atoms with van der Waals surface area (Å²) in [5.74, 6) is -0.559. The number of pyridine rings is 2. The fourth-order valence-corrected chi connectivity index (χ4v) is 8.56. The molecule has 0 bridgehead atoms. The fraction of sp³-hybridized carbons (Fsp3) is 0.346. The van der Waals surface area contributed by atoms with Crippen LogP contribution in [0.5, 0.6) is 11.5 Å². The normalized spacial score (nSPS) is 13.6. The zero-order chi connectivity index (χ0) is 46.5. The Labute approximate surface area is 381 Å². The summed E-state index contributed by atoms with van der Waals surface area (Å²) in [4.78, 5) is 37.3. The van der Waals surface area contributed by atoms with E-state index in [9.17, 15) is 24.9 Å². The number of amides is 2. The number of phenolic OH excluding ortho intramolecular Hbond substituents is 2. The van der Waals surface area contributed by atoms with Gasteiger partial charge in [-0.05, 0) is 130 Å². The zero-order valence-corrected chi connectivity index (χ0v) is 38.8. The quantitative estimate of drug-likeness (QED) is 0.0623. The highest BCUT2D eigenvalue weighted by Gasteiger charge is 2.27. The Hall–Kier alpha value is -6.86. The van der Waals surface area contributed by atoms with Crippen LogP contribution < -0.4 is 16.0 Å². The van der Waals surface area contributed by atoms with E-state index in [4.69, 9.17) is 9.97 Å². The summed E-state index contributed by atoms with van der Waals surface area (Å²) in [7, 11) is 0. The average Bonchev–Trinajstić information content (AvgIpc) is 3.96. The van der Waals surface area contributed by atoms with Gasteiger partial charge in [-0.1, -0.05) is 56.3 Å². The minimum atomic E-state index is -0.430. The van der Waals surface area contributed by atoms with Gasteiger partial charge in [-0.3, -0.25) is 9.59 Å². The first-order chi connectivity index (χ1) is 31.2. The minimum absolute atomic E-state index is 0.0487. The predicted octanol–water partition coefficient (Wildman–Crippen LogP) is 8.46. The van der Waals surface area contributed by atoms with Gasteiger partial charge in [-0.25, -0.2) is 9.97 Å². The summed E-state index contributed by atoms with van der Waals surface area (Å²) < 4.78 is 3.96. The van der Waals surface area contributed by atoms with E-state index in [1.54, 1.807) is 11.0 Å². The van der Waals surface area contributed by atoms with Gasteiger partial charge in [-0.15, -0.1) is 0 Å². The number of carbonyl (C=O) groups is 2. The highest BCUT2D eigenvalue weighted by atomic mass is 16.3. The predicted molar refractivity (Wildman–Crippen MR) is 257 cm³/mol. The number of aliphatic hydroxyl groups excluding tert-OH is 1. The molecule has 13 heteroatoms. The van der Waals surface area contributed by atoms with Gasteiger partial charge in [0.25, 0.3) is 11.8 Å². The number of aromatic nitrogens is 4. The van der Waals surface area contributed by atoms with Crippen LogP contribution >= 0.6 is 0 Å². The van der Waals surface area contributed by atoms with Gasteiger partial charge in [0.15, 0.2) is 22.8 Å². The van der Waals surface area contributed by atoms with Crippen molar-refractivity contribution in [1.29, 1.82) is 0 Å². The molecule has 1 aliphatic rings. The van der Waals surface area contributed by atoms with E-state index in [-0.39, 0.29) is 23.3 Å². The summed E-state index contributed by atoms with van der Waals surface area (Å²) in [5.41, 5.74) is 16.8. The van der Waals surface area contributed by atoms with Gasteiger partial charge >= 0.3 is 0 Å². The number of phenols is 2. The summed E-state index contributed by atoms with van der Waals surface area (Å²) in [6, 6.07) is 21.2. The molecule has 6 N–H and O–H groups in total. The molecule has 1 atom stereocenters. The molecular weight excluding hydrogens is 817 g/mol. The Balaban J connectivity index is 0.000000196. The van der Waals surface area contributed by atoms with Gasteiger partial charge in [0.2, 0.25) is 0 Å². The maximum Gasteiger partial charge on any atom is 0.255 e. The molecule has 0 aliphatic carbocycles. The largest absolute Gasteiger partial charge is 0.504 e. The summed E-state index contributed by atoms with van der Waals surface area (Å²) in [6.45, 7) is 19.2. The number of aryl methyl sites for hydroxylation is 8. The van der Waals surface area contributed by atoms with E-state index in [0.29, 0.717) is 56.7 Å². The Morgan fingerprint density at radius 3 is 1.75 bits per heavy atom. The van der Waals surface area contributed by atoms with Crippen LogP contribution in [-0.2, 0) is 32.4 Å². The smallest absolute Gasteiger partial charge is 0.255 e. The van der Waals surface area contributed by atoms with Crippen molar-refractivity contribution in [3.05, 3.63) is 152 Å². The Morgan fingerprint density at radius 1 is 0.708 bits per heavy atom. The van der Waals surface area contributed by atoms with Crippen molar-refractivity contribution in [3.63, 3.8) is 0 Å². The highest BCUT2D eigenvalue weighted by Crippen LogP contribution is 2.28. The van der Waals surface area contributed by atoms with Gasteiger partial charge in [0.1, 0.15) is 0 Å². The van der Waals surface area contributed by atoms with Crippen LogP contribution in [0, 0.1) is 41.5 Å². The third-order valence-electron chi connectivity index (χ3n) is 12.8. The zero-order valence-electron chi connectivity index (χ0n) is 38.8. The topological polar surface area (TPSA) is 169 Å². The Morgan fingerprint density at radius 2 is 1.25 bits per heavy atom. The number of aromatic hydroxyl groups is 2. The second kappa shape index (κ2) is 19.9. The average molecular weight is 879 g/mol. The lowest BCUT2D eigenvalue weighted by molar-refractivity contribution is 0.0764. The molecule has 5 heterocycles. The van der Waals surface area contributed by atoms with Gasteiger partial charge in [0.05, 0.1) is 40.0 Å². The third-order valence-corrected chi connectivity index (χ3v) is 12.8. The number of nitrogens with zero attached hydrogens (tertiary/aromatic N) is 5. The van der Waals surface area contributed by atoms with Crippen LogP contribution in [0.25, 0.3) is 11.3 Å². The maximum absolute atomic E-state index is 13.1. The molecular formula is C52H62N8O5. The van der Waals surface area contributed by atoms with Crippen LogP contribution in [0.4, 0.5) is 11.4 Å². The molecule has 4 aromatic heterocycles. The number of anilines is 2. The molecule has 1 saturated heterocycles. The van der Waals surface area contributed by atoms with Crippen LogP contribution in [0.3, 0.4) is 0 Å². The summed E-state index contributed by atoms with van der Waals surface area (Å²) in [6.07, 6.45) is 6.36. The summed E-state index contributed by atoms with van der Waals surface area (Å²) in [5, 5.41) is 39.0. The van der Waals surface area contributed by atoms with E-state index in [0.717, 1.165) is 63.8 Å². The number of hydrogen-bond acceptors (Lipinski definition) is 9. The molecule has 3 aromatic carbocycles. The number of β-amino-alcohol motifs (C(OH)–C–C–N with tert-alkyl or cyclic N) is 1. The van der Waals surface area contributed by atoms with E-state index in [1.807, 2.05) is 61.0 Å². The second-order valence-electron chi connectivity index (χ2n) is 17.1. The lowest BCUT2D eigenvalue weighted by Gasteiger charge is -2.18. The van der Waals surface area contributed by atoms with Crippen molar-refractivity contribution in [2.75, 3.05) is 30.3 Å². The van der Waals surface area contributed by atoms with Crippen molar-refractivity contribution in [2.45, 2.75) is 100 Å². The Kier molecular flexibility index (Phi) is 14.1. The molecule has 8 rings (SSSR count). The van der Waals surface area contributed by atoms with Crippen molar-refractivity contribution < 1.29 is 24.9 Å². The van der Waals surface area contributed by atoms with Crippen molar-refractivity contribution in [2.24, 2.45) is 0 Å². The standard InChI is InChI=1S/C28H32N4O3.C24H30N4O2/c1-5-21-8-6-7-17(2)23(21)15-30-24-14-22(16-32-19(4)18(3)31-27(24)32)28(35)29-12-11-20-9-10-25(33)26(34)13-20;1-5-18-8-6-7-15(2)21(18)12-25-22-11-19(24(30)27-10-9-20(29)14-27)13-28-17(4)16(3)26-23(22)28/h6-10,13-14,16,30,33-34H,5,11-12,15H2,1-4H3,(H,29,35);6-8,11,13,20,25,29H,5,9-10,12,14H2,1-4H3. The first kappa shape index (κ1) is 46.1. The van der Waals surface area contributed by atoms with Crippen LogP contribution in [0.1, 0.15) is 103 Å². The number of likely N-dealkylation sites (tertiary alicyclic amines) is 1. The molecule has 1 fully saturated rings. The summed E-state index contributed by atoms with van der Waals surface area (Å²) >= 11 is 0. The Bertz CT molecular complexity index is 2880. The highest BCUT2D eigenvalue weighted by molar-refractivity contribution is 5.97. The van der Waals surface area contributed by atoms with Crippen LogP contribution in [-0.4, -0.2) is 76.5 Å². The van der Waals surface area contributed by atoms with Crippen LogP contribution in [0.15, 0.2) is 79.1 Å². The molecule has 0 saturated carbocycles. The molecule has 1 aliphatic heterocycles. The molecule has 0 spiro atoms. The van der Waals surface area contributed by atoms with Gasteiger partial charge in [0, 0.05) is 56.5 Å². The lowest BCUT2D eigenvalue weighted by Crippen LogP contribution is -2.29. The lowest BCUT2D eigenvalue weighted by atomic mass is 10.00. The molecule has 7 aromatic rings. The van der Waals surface area contributed by atoms with Crippen LogP contribution in [0.2, 0.25) is 0 Å². The minimum Gasteiger partial charge on any atom is -0.504 e. The number of rotatable bonds is 13.